The zero-order chi connectivity index (χ0) is 19.7. The molecule has 2 aromatic heterocycles. The van der Waals surface area contributed by atoms with E-state index in [0.29, 0.717) is 17.6 Å². The predicted octanol–water partition coefficient (Wildman–Crippen LogP) is 5.97. The maximum atomic E-state index is 11.6. The second kappa shape index (κ2) is 8.03. The maximum Gasteiger partial charge on any atom is 0.243 e. The minimum Gasteiger partial charge on any atom is -0.473 e. The van der Waals surface area contributed by atoms with Crippen LogP contribution < -0.4 is 4.74 Å². The van der Waals surface area contributed by atoms with Gasteiger partial charge in [0.25, 0.3) is 0 Å². The van der Waals surface area contributed by atoms with E-state index < -0.39 is 0 Å². The molecular weight excluding hydrogens is 418 g/mol. The van der Waals surface area contributed by atoms with Crippen LogP contribution in [0.4, 0.5) is 0 Å². The number of aldehydes is 1. The van der Waals surface area contributed by atoms with Crippen LogP contribution in [-0.2, 0) is 0 Å². The summed E-state index contributed by atoms with van der Waals surface area (Å²) in [4.78, 5) is 16.3. The molecule has 5 nitrogen and oxygen atoms in total. The average Bonchev–Trinajstić information content (AvgIpc) is 3.06. The SMILES string of the molecule is CC(C)Oc1nn(C2CCCCC2)c2nc(C=O)cc(-c3ccc(Br)cc3)c12. The largest absolute Gasteiger partial charge is 0.473 e. The van der Waals surface area contributed by atoms with Gasteiger partial charge in [-0.05, 0) is 50.5 Å². The highest BCUT2D eigenvalue weighted by atomic mass is 79.9. The number of nitrogens with zero attached hydrogens (tertiary/aromatic N) is 3. The zero-order valence-corrected chi connectivity index (χ0v) is 17.8. The summed E-state index contributed by atoms with van der Waals surface area (Å²) in [5.74, 6) is 0.596. The van der Waals surface area contributed by atoms with Crippen molar-refractivity contribution >= 4 is 33.2 Å². The van der Waals surface area contributed by atoms with Gasteiger partial charge in [-0.25, -0.2) is 9.67 Å². The van der Waals surface area contributed by atoms with Crippen molar-refractivity contribution in [1.29, 1.82) is 0 Å². The number of hydrogen-bond acceptors (Lipinski definition) is 4. The van der Waals surface area contributed by atoms with Gasteiger partial charge in [0.05, 0.1) is 17.5 Å². The van der Waals surface area contributed by atoms with E-state index in [-0.39, 0.29) is 6.10 Å². The smallest absolute Gasteiger partial charge is 0.243 e. The molecule has 1 fully saturated rings. The highest BCUT2D eigenvalue weighted by Crippen LogP contribution is 2.39. The summed E-state index contributed by atoms with van der Waals surface area (Å²) in [6, 6.07) is 10.2. The Labute approximate surface area is 173 Å². The van der Waals surface area contributed by atoms with Crippen LogP contribution in [0.2, 0.25) is 0 Å². The van der Waals surface area contributed by atoms with E-state index in [2.05, 4.69) is 20.9 Å². The molecule has 0 atom stereocenters. The third kappa shape index (κ3) is 3.70. The minimum absolute atomic E-state index is 0.00132. The van der Waals surface area contributed by atoms with E-state index >= 15 is 0 Å². The molecule has 0 bridgehead atoms. The van der Waals surface area contributed by atoms with Crippen LogP contribution in [0.15, 0.2) is 34.8 Å². The zero-order valence-electron chi connectivity index (χ0n) is 16.2. The van der Waals surface area contributed by atoms with Crippen molar-refractivity contribution in [2.45, 2.75) is 58.1 Å². The number of carbonyl (C=O) groups is 1. The molecule has 0 aliphatic heterocycles. The molecule has 0 amide bonds. The van der Waals surface area contributed by atoms with Gasteiger partial charge in [-0.15, -0.1) is 5.10 Å². The molecule has 1 aliphatic rings. The molecule has 1 aliphatic carbocycles. The van der Waals surface area contributed by atoms with E-state index in [0.717, 1.165) is 45.8 Å². The molecule has 0 spiro atoms. The number of carbonyl (C=O) groups excluding carboxylic acids is 1. The monoisotopic (exact) mass is 441 g/mol. The number of ether oxygens (including phenoxy) is 1. The first kappa shape index (κ1) is 19.1. The number of fused-ring (bicyclic) bond motifs is 1. The van der Waals surface area contributed by atoms with Gasteiger partial charge in [0.15, 0.2) is 11.9 Å². The lowest BCUT2D eigenvalue weighted by Crippen LogP contribution is -2.15. The molecule has 28 heavy (non-hydrogen) atoms. The molecule has 1 aromatic carbocycles. The number of benzene rings is 1. The van der Waals surface area contributed by atoms with E-state index in [1.54, 1.807) is 0 Å². The third-order valence-electron chi connectivity index (χ3n) is 5.19. The summed E-state index contributed by atoms with van der Waals surface area (Å²) in [5.41, 5.74) is 3.09. The highest BCUT2D eigenvalue weighted by Gasteiger charge is 2.25. The van der Waals surface area contributed by atoms with E-state index in [4.69, 9.17) is 9.84 Å². The number of hydrogen-bond donors (Lipinski definition) is 0. The van der Waals surface area contributed by atoms with Crippen molar-refractivity contribution in [2.75, 3.05) is 0 Å². The Bertz CT molecular complexity index is 989. The molecule has 3 aromatic rings. The fourth-order valence-electron chi connectivity index (χ4n) is 3.93. The van der Waals surface area contributed by atoms with Crippen LogP contribution in [0.5, 0.6) is 5.88 Å². The Morgan fingerprint density at radius 3 is 2.54 bits per heavy atom. The molecule has 0 unspecified atom stereocenters. The van der Waals surface area contributed by atoms with Gasteiger partial charge in [0, 0.05) is 10.0 Å². The molecular formula is C22H24BrN3O2. The lowest BCUT2D eigenvalue weighted by atomic mass is 9.95. The van der Waals surface area contributed by atoms with Crippen LogP contribution in [0.1, 0.15) is 62.5 Å². The van der Waals surface area contributed by atoms with Crippen LogP contribution >= 0.6 is 15.9 Å². The van der Waals surface area contributed by atoms with Crippen molar-refractivity contribution in [3.8, 4) is 17.0 Å². The van der Waals surface area contributed by atoms with Gasteiger partial charge >= 0.3 is 0 Å². The van der Waals surface area contributed by atoms with E-state index in [1.807, 2.05) is 48.9 Å². The summed E-state index contributed by atoms with van der Waals surface area (Å²) in [6.07, 6.45) is 6.63. The van der Waals surface area contributed by atoms with Crippen molar-refractivity contribution in [3.05, 3.63) is 40.5 Å². The molecule has 0 radical (unpaired) electrons. The summed E-state index contributed by atoms with van der Waals surface area (Å²) < 4.78 is 9.10. The number of halogens is 1. The normalized spacial score (nSPS) is 15.3. The van der Waals surface area contributed by atoms with Crippen LogP contribution in [0.3, 0.4) is 0 Å². The second-order valence-corrected chi connectivity index (χ2v) is 8.54. The van der Waals surface area contributed by atoms with Crippen LogP contribution in [0.25, 0.3) is 22.2 Å². The molecule has 2 heterocycles. The average molecular weight is 442 g/mol. The van der Waals surface area contributed by atoms with Crippen LogP contribution in [-0.4, -0.2) is 27.2 Å². The first-order valence-corrected chi connectivity index (χ1v) is 10.7. The summed E-state index contributed by atoms with van der Waals surface area (Å²) in [7, 11) is 0. The van der Waals surface area contributed by atoms with Crippen LogP contribution in [0, 0.1) is 0 Å². The lowest BCUT2D eigenvalue weighted by molar-refractivity contribution is 0.111. The summed E-state index contributed by atoms with van der Waals surface area (Å²) in [6.45, 7) is 4.00. The second-order valence-electron chi connectivity index (χ2n) is 7.63. The minimum atomic E-state index is 0.00132. The molecule has 0 N–H and O–H groups in total. The van der Waals surface area contributed by atoms with Gasteiger partial charge in [0.1, 0.15) is 5.69 Å². The lowest BCUT2D eigenvalue weighted by Gasteiger charge is -2.22. The molecule has 4 rings (SSSR count). The van der Waals surface area contributed by atoms with E-state index in [1.165, 1.54) is 19.3 Å². The van der Waals surface area contributed by atoms with Gasteiger partial charge in [-0.2, -0.15) is 0 Å². The van der Waals surface area contributed by atoms with Gasteiger partial charge < -0.3 is 4.74 Å². The van der Waals surface area contributed by atoms with E-state index in [9.17, 15) is 4.79 Å². The fourth-order valence-corrected chi connectivity index (χ4v) is 4.19. The first-order chi connectivity index (χ1) is 13.6. The Morgan fingerprint density at radius 1 is 1.18 bits per heavy atom. The van der Waals surface area contributed by atoms with Crippen molar-refractivity contribution in [2.24, 2.45) is 0 Å². The van der Waals surface area contributed by atoms with Crippen molar-refractivity contribution in [3.63, 3.8) is 0 Å². The fraction of sp³-hybridized carbons (Fsp3) is 0.409. The molecule has 1 saturated carbocycles. The quantitative estimate of drug-likeness (QED) is 0.457. The Kier molecular flexibility index (Phi) is 5.49. The third-order valence-corrected chi connectivity index (χ3v) is 5.72. The molecule has 146 valence electrons. The van der Waals surface area contributed by atoms with Gasteiger partial charge in [-0.3, -0.25) is 4.79 Å². The molecule has 0 saturated heterocycles. The van der Waals surface area contributed by atoms with Gasteiger partial charge in [0.2, 0.25) is 5.88 Å². The standard InChI is InChI=1S/C22H24BrN3O2/c1-14(2)28-22-20-19(15-8-10-16(23)11-9-15)12-17(13-27)24-21(20)26(25-22)18-6-4-3-5-7-18/h8-14,18H,3-7H2,1-2H3. The Balaban J connectivity index is 1.97. The topological polar surface area (TPSA) is 57.0 Å². The number of pyridine rings is 1. The number of rotatable bonds is 5. The first-order valence-electron chi connectivity index (χ1n) is 9.88. The Hall–Kier alpha value is -2.21. The summed E-state index contributed by atoms with van der Waals surface area (Å²) >= 11 is 3.49. The van der Waals surface area contributed by atoms with Crippen molar-refractivity contribution in [1.82, 2.24) is 14.8 Å². The highest BCUT2D eigenvalue weighted by molar-refractivity contribution is 9.10. The van der Waals surface area contributed by atoms with Crippen molar-refractivity contribution < 1.29 is 9.53 Å². The number of aromatic nitrogens is 3. The maximum absolute atomic E-state index is 11.6. The van der Waals surface area contributed by atoms with Gasteiger partial charge in [-0.1, -0.05) is 47.3 Å². The Morgan fingerprint density at radius 2 is 1.89 bits per heavy atom. The molecule has 6 heteroatoms. The predicted molar refractivity (Wildman–Crippen MR) is 114 cm³/mol. The summed E-state index contributed by atoms with van der Waals surface area (Å²) in [5, 5.41) is 5.72.